The van der Waals surface area contributed by atoms with Crippen LogP contribution in [0.3, 0.4) is 0 Å². The van der Waals surface area contributed by atoms with E-state index in [0.29, 0.717) is 13.1 Å². The maximum atomic E-state index is 11.9. The summed E-state index contributed by atoms with van der Waals surface area (Å²) in [5.41, 5.74) is 1.81. The number of urea groups is 1. The predicted octanol–water partition coefficient (Wildman–Crippen LogP) is 3.83. The lowest BCUT2D eigenvalue weighted by Gasteiger charge is -2.16. The van der Waals surface area contributed by atoms with Crippen LogP contribution in [-0.4, -0.2) is 24.0 Å². The maximum absolute atomic E-state index is 11.9. The first-order valence-electron chi connectivity index (χ1n) is 7.74. The molecule has 0 aliphatic rings. The summed E-state index contributed by atoms with van der Waals surface area (Å²) in [6, 6.07) is 13.5. The van der Waals surface area contributed by atoms with E-state index in [2.05, 4.69) is 31.9 Å². The molecule has 132 valence electrons. The van der Waals surface area contributed by atoms with Gasteiger partial charge in [0.15, 0.2) is 0 Å². The van der Waals surface area contributed by atoms with Crippen molar-refractivity contribution in [3.8, 4) is 0 Å². The molecular weight excluding hydrogens is 388 g/mol. The van der Waals surface area contributed by atoms with Gasteiger partial charge in [0.05, 0.1) is 11.0 Å². The van der Waals surface area contributed by atoms with Crippen LogP contribution in [-0.2, 0) is 0 Å². The number of amides is 2. The third-order valence-corrected chi connectivity index (χ3v) is 4.26. The van der Waals surface area contributed by atoms with E-state index in [0.717, 1.165) is 15.7 Å². The lowest BCUT2D eigenvalue weighted by Crippen LogP contribution is -2.39. The molecule has 3 N–H and O–H groups in total. The average molecular weight is 407 g/mol. The highest BCUT2D eigenvalue weighted by Crippen LogP contribution is 2.22. The lowest BCUT2D eigenvalue weighted by atomic mass is 10.1. The van der Waals surface area contributed by atoms with E-state index in [-0.39, 0.29) is 17.8 Å². The number of rotatable bonds is 7. The minimum Gasteiger partial charge on any atom is -0.383 e. The molecule has 0 unspecified atom stereocenters. The van der Waals surface area contributed by atoms with Gasteiger partial charge in [-0.15, -0.1) is 0 Å². The van der Waals surface area contributed by atoms with Gasteiger partial charge in [-0.25, -0.2) is 4.79 Å². The molecule has 8 heteroatoms. The van der Waals surface area contributed by atoms with Crippen molar-refractivity contribution >= 4 is 33.3 Å². The van der Waals surface area contributed by atoms with E-state index >= 15 is 0 Å². The van der Waals surface area contributed by atoms with Gasteiger partial charge in [-0.3, -0.25) is 10.1 Å². The molecule has 0 bridgehead atoms. The van der Waals surface area contributed by atoms with Gasteiger partial charge in [-0.1, -0.05) is 34.1 Å². The topological polar surface area (TPSA) is 96.3 Å². The molecule has 0 radical (unpaired) electrons. The smallest absolute Gasteiger partial charge is 0.315 e. The van der Waals surface area contributed by atoms with Crippen LogP contribution in [0.25, 0.3) is 0 Å². The van der Waals surface area contributed by atoms with E-state index in [1.54, 1.807) is 12.1 Å². The number of hydrogen-bond acceptors (Lipinski definition) is 4. The van der Waals surface area contributed by atoms with E-state index in [9.17, 15) is 14.9 Å². The third-order valence-electron chi connectivity index (χ3n) is 3.54. The number of nitrogens with one attached hydrogen (secondary N) is 3. The molecule has 2 aromatic rings. The van der Waals surface area contributed by atoms with Gasteiger partial charge in [0, 0.05) is 35.4 Å². The monoisotopic (exact) mass is 406 g/mol. The van der Waals surface area contributed by atoms with Crippen molar-refractivity contribution in [1.82, 2.24) is 10.6 Å². The summed E-state index contributed by atoms with van der Waals surface area (Å²) in [6.45, 7) is 2.84. The Kier molecular flexibility index (Phi) is 6.76. The molecule has 2 rings (SSSR count). The summed E-state index contributed by atoms with van der Waals surface area (Å²) in [5.74, 6) is 0. The Labute approximate surface area is 154 Å². The fourth-order valence-electron chi connectivity index (χ4n) is 2.24. The van der Waals surface area contributed by atoms with Gasteiger partial charge in [-0.2, -0.15) is 0 Å². The second kappa shape index (κ2) is 9.03. The van der Waals surface area contributed by atoms with E-state index < -0.39 is 4.92 Å². The molecule has 2 amide bonds. The molecule has 0 saturated carbocycles. The first-order chi connectivity index (χ1) is 12.0. The molecule has 25 heavy (non-hydrogen) atoms. The van der Waals surface area contributed by atoms with Crippen LogP contribution in [0.1, 0.15) is 18.5 Å². The van der Waals surface area contributed by atoms with Crippen LogP contribution < -0.4 is 16.0 Å². The molecule has 0 fully saturated rings. The Bertz CT molecular complexity index is 737. The van der Waals surface area contributed by atoms with E-state index in [4.69, 9.17) is 0 Å². The Morgan fingerprint density at radius 3 is 2.48 bits per heavy atom. The molecule has 7 nitrogen and oxygen atoms in total. The zero-order valence-corrected chi connectivity index (χ0v) is 15.2. The van der Waals surface area contributed by atoms with Crippen molar-refractivity contribution in [3.05, 3.63) is 68.7 Å². The number of nitro groups is 1. The summed E-state index contributed by atoms with van der Waals surface area (Å²) >= 11 is 3.47. The number of carbonyl (C=O) groups excluding carboxylic acids is 1. The third kappa shape index (κ3) is 5.75. The number of halogens is 1. The van der Waals surface area contributed by atoms with Gasteiger partial charge in [0.25, 0.3) is 5.69 Å². The minimum absolute atomic E-state index is 0.0455. The minimum atomic E-state index is -0.443. The fourth-order valence-corrected chi connectivity index (χ4v) is 2.86. The molecular formula is C17H19BrN4O3. The molecule has 0 aromatic heterocycles. The van der Waals surface area contributed by atoms with Crippen LogP contribution in [0.5, 0.6) is 0 Å². The van der Waals surface area contributed by atoms with Crippen molar-refractivity contribution < 1.29 is 9.72 Å². The fraction of sp³-hybridized carbons (Fsp3) is 0.235. The van der Waals surface area contributed by atoms with Gasteiger partial charge in [-0.05, 0) is 30.7 Å². The predicted molar refractivity (Wildman–Crippen MR) is 101 cm³/mol. The second-order valence-corrected chi connectivity index (χ2v) is 6.23. The van der Waals surface area contributed by atoms with Crippen molar-refractivity contribution in [1.29, 1.82) is 0 Å². The summed E-state index contributed by atoms with van der Waals surface area (Å²) in [6.07, 6.45) is 0. The molecule has 2 aromatic carbocycles. The Hall–Kier alpha value is -2.61. The molecule has 0 aliphatic heterocycles. The van der Waals surface area contributed by atoms with E-state index in [1.807, 2.05) is 31.2 Å². The Morgan fingerprint density at radius 1 is 1.16 bits per heavy atom. The Morgan fingerprint density at radius 2 is 1.84 bits per heavy atom. The molecule has 0 aliphatic carbocycles. The van der Waals surface area contributed by atoms with Gasteiger partial charge in [0.1, 0.15) is 0 Å². The zero-order valence-electron chi connectivity index (χ0n) is 13.7. The first kappa shape index (κ1) is 18.7. The lowest BCUT2D eigenvalue weighted by molar-refractivity contribution is -0.384. The number of anilines is 1. The number of nitro benzene ring substituents is 1. The quantitative estimate of drug-likeness (QED) is 0.369. The number of nitrogens with zero attached hydrogens (tertiary/aromatic N) is 1. The molecule has 0 spiro atoms. The van der Waals surface area contributed by atoms with Crippen LogP contribution >= 0.6 is 15.9 Å². The van der Waals surface area contributed by atoms with Crippen molar-refractivity contribution in [2.24, 2.45) is 0 Å². The normalized spacial score (nSPS) is 11.4. The number of non-ortho nitro benzene ring substituents is 1. The summed E-state index contributed by atoms with van der Waals surface area (Å²) in [7, 11) is 0. The van der Waals surface area contributed by atoms with Gasteiger partial charge >= 0.3 is 6.03 Å². The number of hydrogen-bond donors (Lipinski definition) is 3. The maximum Gasteiger partial charge on any atom is 0.315 e. The Balaban J connectivity index is 1.71. The first-order valence-corrected chi connectivity index (χ1v) is 8.54. The highest BCUT2D eigenvalue weighted by molar-refractivity contribution is 9.10. The van der Waals surface area contributed by atoms with Gasteiger partial charge in [0.2, 0.25) is 0 Å². The van der Waals surface area contributed by atoms with Crippen LogP contribution in [0, 0.1) is 10.1 Å². The largest absolute Gasteiger partial charge is 0.383 e. The molecule has 0 saturated heterocycles. The number of carbonyl (C=O) groups is 1. The van der Waals surface area contributed by atoms with E-state index in [1.165, 1.54) is 12.1 Å². The SMILES string of the molecule is C[C@@H](NC(=O)NCCNc1ccc([N+](=O)[O-])cc1)c1ccccc1Br. The molecule has 1 atom stereocenters. The standard InChI is InChI=1S/C17H19BrN4O3/c1-12(15-4-2-3-5-16(15)18)21-17(23)20-11-10-19-13-6-8-14(9-7-13)22(24)25/h2-9,12,19H,10-11H2,1H3,(H2,20,21,23)/t12-/m1/s1. The van der Waals surface area contributed by atoms with Crippen LogP contribution in [0.2, 0.25) is 0 Å². The second-order valence-electron chi connectivity index (χ2n) is 5.37. The molecule has 0 heterocycles. The van der Waals surface area contributed by atoms with Crippen LogP contribution in [0.15, 0.2) is 53.0 Å². The highest BCUT2D eigenvalue weighted by atomic mass is 79.9. The summed E-state index contributed by atoms with van der Waals surface area (Å²) in [5, 5.41) is 19.3. The van der Waals surface area contributed by atoms with Crippen molar-refractivity contribution in [3.63, 3.8) is 0 Å². The van der Waals surface area contributed by atoms with Crippen LogP contribution in [0.4, 0.5) is 16.2 Å². The van der Waals surface area contributed by atoms with Crippen molar-refractivity contribution in [2.45, 2.75) is 13.0 Å². The highest BCUT2D eigenvalue weighted by Gasteiger charge is 2.11. The summed E-state index contributed by atoms with van der Waals surface area (Å²) < 4.78 is 0.947. The van der Waals surface area contributed by atoms with Crippen molar-refractivity contribution in [2.75, 3.05) is 18.4 Å². The van der Waals surface area contributed by atoms with Gasteiger partial charge < -0.3 is 16.0 Å². The average Bonchev–Trinajstić information content (AvgIpc) is 2.59. The number of benzene rings is 2. The zero-order chi connectivity index (χ0) is 18.2. The summed E-state index contributed by atoms with van der Waals surface area (Å²) in [4.78, 5) is 22.1.